The van der Waals surface area contributed by atoms with E-state index in [1.54, 1.807) is 12.1 Å². The number of aromatic nitrogens is 3. The monoisotopic (exact) mass is 284 g/mol. The molecule has 2 aromatic rings. The molecule has 0 bridgehead atoms. The van der Waals surface area contributed by atoms with Crippen molar-refractivity contribution in [3.63, 3.8) is 0 Å². The first-order valence-corrected chi connectivity index (χ1v) is 6.09. The largest absolute Gasteiger partial charge is 0.504 e. The van der Waals surface area contributed by atoms with Crippen molar-refractivity contribution in [2.75, 3.05) is 12.4 Å². The van der Waals surface area contributed by atoms with Crippen LogP contribution in [0.1, 0.15) is 11.6 Å². The molecule has 0 unspecified atom stereocenters. The molecule has 0 saturated heterocycles. The maximum absolute atomic E-state index is 9.89. The Hall–Kier alpha value is -3.21. The Morgan fingerprint density at radius 3 is 3.00 bits per heavy atom. The van der Waals surface area contributed by atoms with Crippen LogP contribution < -0.4 is 15.8 Å². The molecule has 1 aliphatic heterocycles. The van der Waals surface area contributed by atoms with Gasteiger partial charge in [-0.3, -0.25) is 0 Å². The van der Waals surface area contributed by atoms with E-state index in [0.717, 1.165) is 0 Å². The Kier molecular flexibility index (Phi) is 2.88. The van der Waals surface area contributed by atoms with E-state index in [-0.39, 0.29) is 11.6 Å². The number of hydrogen-bond acceptors (Lipinski definition) is 7. The van der Waals surface area contributed by atoms with Crippen LogP contribution >= 0.6 is 0 Å². The number of hydrogen-bond donors (Lipinski definition) is 3. The number of fused-ring (bicyclic) bond motifs is 1. The lowest BCUT2D eigenvalue weighted by atomic mass is 9.98. The lowest BCUT2D eigenvalue weighted by Gasteiger charge is -2.25. The maximum atomic E-state index is 9.89. The summed E-state index contributed by atoms with van der Waals surface area (Å²) in [6.07, 6.45) is 1.35. The average Bonchev–Trinajstić information content (AvgIpc) is 2.95. The zero-order valence-corrected chi connectivity index (χ0v) is 11.1. The van der Waals surface area contributed by atoms with Crippen LogP contribution in [-0.2, 0) is 0 Å². The first kappa shape index (κ1) is 12.8. The number of phenolic OH excluding ortho intramolecular Hbond substituents is 1. The second-order valence-corrected chi connectivity index (χ2v) is 4.41. The molecule has 4 N–H and O–H groups in total. The van der Waals surface area contributed by atoms with Gasteiger partial charge in [0, 0.05) is 0 Å². The standard InChI is InChI=1S/C13H12N6O2/c1-21-10-3-2-7(4-9(10)20)11-8(5-14)12(15)19-13(18-11)16-6-17-19/h2-4,6,11,20H,15H2,1H3,(H,16,17,18)/t11-/m1/s1. The number of benzene rings is 1. The summed E-state index contributed by atoms with van der Waals surface area (Å²) in [6.45, 7) is 0. The third-order valence-corrected chi connectivity index (χ3v) is 3.27. The molecule has 1 atom stereocenters. The number of nitrogens with two attached hydrogens (primary N) is 1. The van der Waals surface area contributed by atoms with Crippen molar-refractivity contribution in [1.82, 2.24) is 14.8 Å². The van der Waals surface area contributed by atoms with Gasteiger partial charge in [0.1, 0.15) is 18.2 Å². The van der Waals surface area contributed by atoms with Gasteiger partial charge in [-0.05, 0) is 17.7 Å². The summed E-state index contributed by atoms with van der Waals surface area (Å²) in [4.78, 5) is 4.04. The second kappa shape index (κ2) is 4.72. The van der Waals surface area contributed by atoms with Crippen molar-refractivity contribution < 1.29 is 9.84 Å². The van der Waals surface area contributed by atoms with Crippen LogP contribution in [-0.4, -0.2) is 27.0 Å². The van der Waals surface area contributed by atoms with E-state index in [9.17, 15) is 10.4 Å². The molecular weight excluding hydrogens is 272 g/mol. The summed E-state index contributed by atoms with van der Waals surface area (Å²) in [5.41, 5.74) is 6.93. The number of nitriles is 1. The van der Waals surface area contributed by atoms with Crippen molar-refractivity contribution in [3.8, 4) is 17.6 Å². The lowest BCUT2D eigenvalue weighted by molar-refractivity contribution is 0.373. The molecule has 1 aromatic carbocycles. The Morgan fingerprint density at radius 2 is 2.33 bits per heavy atom. The minimum Gasteiger partial charge on any atom is -0.504 e. The maximum Gasteiger partial charge on any atom is 0.228 e. The van der Waals surface area contributed by atoms with E-state index in [4.69, 9.17) is 10.5 Å². The summed E-state index contributed by atoms with van der Waals surface area (Å²) in [5, 5.41) is 26.3. The predicted molar refractivity (Wildman–Crippen MR) is 74.1 cm³/mol. The number of phenols is 1. The van der Waals surface area contributed by atoms with Crippen LogP contribution in [0.3, 0.4) is 0 Å². The van der Waals surface area contributed by atoms with Crippen molar-refractivity contribution in [2.24, 2.45) is 5.73 Å². The second-order valence-electron chi connectivity index (χ2n) is 4.41. The molecule has 0 radical (unpaired) electrons. The number of rotatable bonds is 2. The summed E-state index contributed by atoms with van der Waals surface area (Å²) in [7, 11) is 1.47. The van der Waals surface area contributed by atoms with Gasteiger partial charge in [-0.25, -0.2) is 0 Å². The predicted octanol–water partition coefficient (Wildman–Crippen LogP) is 0.810. The van der Waals surface area contributed by atoms with E-state index < -0.39 is 6.04 Å². The first-order chi connectivity index (χ1) is 10.2. The SMILES string of the molecule is COc1ccc([C@H]2Nc3ncnn3C(N)=C2C#N)cc1O. The van der Waals surface area contributed by atoms with Gasteiger partial charge in [0.2, 0.25) is 5.95 Å². The first-order valence-electron chi connectivity index (χ1n) is 6.09. The molecule has 1 aromatic heterocycles. The van der Waals surface area contributed by atoms with Crippen molar-refractivity contribution >= 4 is 11.8 Å². The number of ether oxygens (including phenoxy) is 1. The normalized spacial score (nSPS) is 16.9. The number of nitrogens with zero attached hydrogens (tertiary/aromatic N) is 4. The Bertz CT molecular complexity index is 773. The number of methoxy groups -OCH3 is 1. The van der Waals surface area contributed by atoms with Crippen LogP contribution in [0.25, 0.3) is 5.82 Å². The minimum atomic E-state index is -0.511. The van der Waals surface area contributed by atoms with E-state index in [1.165, 1.54) is 24.2 Å². The lowest BCUT2D eigenvalue weighted by Crippen LogP contribution is -2.27. The highest BCUT2D eigenvalue weighted by Crippen LogP contribution is 2.36. The third-order valence-electron chi connectivity index (χ3n) is 3.27. The van der Waals surface area contributed by atoms with Gasteiger partial charge in [0.15, 0.2) is 11.5 Å². The molecule has 21 heavy (non-hydrogen) atoms. The molecule has 2 heterocycles. The van der Waals surface area contributed by atoms with Gasteiger partial charge in [0.25, 0.3) is 0 Å². The van der Waals surface area contributed by atoms with Crippen LogP contribution in [0.2, 0.25) is 0 Å². The zero-order valence-electron chi connectivity index (χ0n) is 11.1. The van der Waals surface area contributed by atoms with Gasteiger partial charge >= 0.3 is 0 Å². The van der Waals surface area contributed by atoms with Crippen LogP contribution in [0.15, 0.2) is 30.1 Å². The van der Waals surface area contributed by atoms with Gasteiger partial charge < -0.3 is 20.9 Å². The number of anilines is 1. The molecule has 0 amide bonds. The quantitative estimate of drug-likeness (QED) is 0.745. The van der Waals surface area contributed by atoms with Crippen LogP contribution in [0.5, 0.6) is 11.5 Å². The Morgan fingerprint density at radius 1 is 1.52 bits per heavy atom. The number of aromatic hydroxyl groups is 1. The highest BCUT2D eigenvalue weighted by molar-refractivity contribution is 5.65. The Balaban J connectivity index is 2.09. The molecule has 8 nitrogen and oxygen atoms in total. The van der Waals surface area contributed by atoms with Crippen molar-refractivity contribution in [3.05, 3.63) is 35.7 Å². The average molecular weight is 284 g/mol. The van der Waals surface area contributed by atoms with E-state index in [1.807, 2.05) is 0 Å². The molecule has 106 valence electrons. The van der Waals surface area contributed by atoms with Gasteiger partial charge in [-0.2, -0.15) is 20.0 Å². The summed E-state index contributed by atoms with van der Waals surface area (Å²) >= 11 is 0. The van der Waals surface area contributed by atoms with Crippen molar-refractivity contribution in [2.45, 2.75) is 6.04 Å². The van der Waals surface area contributed by atoms with Crippen LogP contribution in [0.4, 0.5) is 5.95 Å². The van der Waals surface area contributed by atoms with Gasteiger partial charge in [-0.15, -0.1) is 0 Å². The van der Waals surface area contributed by atoms with Crippen molar-refractivity contribution in [1.29, 1.82) is 5.26 Å². The smallest absolute Gasteiger partial charge is 0.228 e. The molecule has 0 fully saturated rings. The molecular formula is C13H12N6O2. The fourth-order valence-corrected chi connectivity index (χ4v) is 2.24. The third kappa shape index (κ3) is 1.92. The molecule has 0 spiro atoms. The summed E-state index contributed by atoms with van der Waals surface area (Å²) < 4.78 is 6.37. The van der Waals surface area contributed by atoms with Gasteiger partial charge in [0.05, 0.1) is 18.7 Å². The zero-order chi connectivity index (χ0) is 15.0. The molecule has 3 rings (SSSR count). The Labute approximate surface area is 120 Å². The van der Waals surface area contributed by atoms with Crippen LogP contribution in [0, 0.1) is 11.3 Å². The highest BCUT2D eigenvalue weighted by Gasteiger charge is 2.28. The van der Waals surface area contributed by atoms with Gasteiger partial charge in [-0.1, -0.05) is 6.07 Å². The molecule has 0 aliphatic carbocycles. The fraction of sp³-hybridized carbons (Fsp3) is 0.154. The fourth-order valence-electron chi connectivity index (χ4n) is 2.24. The summed E-state index contributed by atoms with van der Waals surface area (Å²) in [6, 6.07) is 6.45. The van der Waals surface area contributed by atoms with E-state index >= 15 is 0 Å². The van der Waals surface area contributed by atoms with E-state index in [0.29, 0.717) is 22.8 Å². The number of nitrogens with one attached hydrogen (secondary N) is 1. The topological polar surface area (TPSA) is 122 Å². The summed E-state index contributed by atoms with van der Waals surface area (Å²) in [5.74, 6) is 0.990. The molecule has 0 saturated carbocycles. The van der Waals surface area contributed by atoms with E-state index in [2.05, 4.69) is 21.5 Å². The minimum absolute atomic E-state index is 0.0142. The molecule has 8 heteroatoms. The highest BCUT2D eigenvalue weighted by atomic mass is 16.5. The molecule has 1 aliphatic rings.